The highest BCUT2D eigenvalue weighted by atomic mass is 19.1. The van der Waals surface area contributed by atoms with E-state index in [9.17, 15) is 14.0 Å². The molecule has 0 radical (unpaired) electrons. The van der Waals surface area contributed by atoms with Gasteiger partial charge in [-0.1, -0.05) is 30.3 Å². The Labute approximate surface area is 182 Å². The van der Waals surface area contributed by atoms with Gasteiger partial charge in [-0.25, -0.2) is 19.4 Å². The van der Waals surface area contributed by atoms with Crippen molar-refractivity contribution < 1.29 is 28.2 Å². The highest BCUT2D eigenvalue weighted by Crippen LogP contribution is 2.25. The van der Waals surface area contributed by atoms with Gasteiger partial charge in [-0.05, 0) is 53.2 Å². The zero-order chi connectivity index (χ0) is 23.2. The molecule has 0 unspecified atom stereocenters. The highest BCUT2D eigenvalue weighted by Gasteiger charge is 2.28. The van der Waals surface area contributed by atoms with Crippen LogP contribution in [0.15, 0.2) is 48.5 Å². The van der Waals surface area contributed by atoms with Gasteiger partial charge in [0, 0.05) is 12.1 Å². The van der Waals surface area contributed by atoms with Crippen LogP contribution >= 0.6 is 0 Å². The summed E-state index contributed by atoms with van der Waals surface area (Å²) in [5.41, 5.74) is 1.59. The van der Waals surface area contributed by atoms with Crippen LogP contribution in [0.3, 0.4) is 0 Å². The van der Waals surface area contributed by atoms with Crippen LogP contribution in [0.1, 0.15) is 47.1 Å². The molecular formula is C23H29FN2O5. The van der Waals surface area contributed by atoms with Crippen LogP contribution in [-0.2, 0) is 16.1 Å². The van der Waals surface area contributed by atoms with E-state index in [4.69, 9.17) is 14.2 Å². The summed E-state index contributed by atoms with van der Waals surface area (Å²) < 4.78 is 30.5. The van der Waals surface area contributed by atoms with E-state index >= 15 is 0 Å². The Morgan fingerprint density at radius 3 is 2.13 bits per heavy atom. The molecule has 0 bridgehead atoms. The van der Waals surface area contributed by atoms with Crippen molar-refractivity contribution in [2.45, 2.75) is 59.4 Å². The standard InChI is InChI=1S/C23H29FN2O5/c1-22(2,3)30-20(27)25-26(21(28)31-23(4,5)6)18-12-17(24)13-19(14-18)29-15-16-10-8-7-9-11-16/h7-14H,15H2,1-6H3,(H,25,27). The van der Waals surface area contributed by atoms with Gasteiger partial charge < -0.3 is 14.2 Å². The van der Waals surface area contributed by atoms with E-state index in [-0.39, 0.29) is 18.0 Å². The quantitative estimate of drug-likeness (QED) is 0.638. The van der Waals surface area contributed by atoms with E-state index in [1.165, 1.54) is 12.1 Å². The van der Waals surface area contributed by atoms with Crippen LogP contribution < -0.4 is 15.2 Å². The van der Waals surface area contributed by atoms with Crippen molar-refractivity contribution in [3.05, 3.63) is 59.9 Å². The summed E-state index contributed by atoms with van der Waals surface area (Å²) in [6.07, 6.45) is -1.80. The van der Waals surface area contributed by atoms with Crippen LogP contribution in [-0.4, -0.2) is 23.4 Å². The fraction of sp³-hybridized carbons (Fsp3) is 0.391. The van der Waals surface area contributed by atoms with Gasteiger partial charge >= 0.3 is 12.2 Å². The molecule has 0 aliphatic carbocycles. The van der Waals surface area contributed by atoms with Gasteiger partial charge in [0.1, 0.15) is 29.4 Å². The Bertz CT molecular complexity index is 904. The third-order valence-electron chi connectivity index (χ3n) is 3.54. The molecule has 2 aromatic rings. The maximum atomic E-state index is 14.3. The van der Waals surface area contributed by atoms with Crippen LogP contribution in [0.5, 0.6) is 5.75 Å². The van der Waals surface area contributed by atoms with Crippen molar-refractivity contribution in [3.8, 4) is 5.75 Å². The molecule has 0 saturated carbocycles. The predicted octanol–water partition coefficient (Wildman–Crippen LogP) is 5.59. The van der Waals surface area contributed by atoms with Gasteiger partial charge in [0.15, 0.2) is 0 Å². The number of carbonyl (C=O) groups is 2. The number of hydrazine groups is 1. The number of nitrogens with zero attached hydrogens (tertiary/aromatic N) is 1. The second-order valence-corrected chi connectivity index (χ2v) is 8.85. The fourth-order valence-electron chi connectivity index (χ4n) is 2.42. The Morgan fingerprint density at radius 1 is 0.935 bits per heavy atom. The number of hydrogen-bond donors (Lipinski definition) is 1. The Kier molecular flexibility index (Phi) is 7.49. The molecule has 31 heavy (non-hydrogen) atoms. The average Bonchev–Trinajstić information content (AvgIpc) is 2.62. The number of halogens is 1. The Hall–Kier alpha value is -3.29. The smallest absolute Gasteiger partial charge is 0.434 e. The molecule has 168 valence electrons. The number of hydrogen-bond acceptors (Lipinski definition) is 5. The molecule has 0 aliphatic heterocycles. The number of benzene rings is 2. The third-order valence-corrected chi connectivity index (χ3v) is 3.54. The van der Waals surface area contributed by atoms with Crippen molar-refractivity contribution in [1.82, 2.24) is 5.43 Å². The minimum absolute atomic E-state index is 0.0168. The average molecular weight is 432 g/mol. The zero-order valence-electron chi connectivity index (χ0n) is 18.7. The summed E-state index contributed by atoms with van der Waals surface area (Å²) >= 11 is 0. The van der Waals surface area contributed by atoms with E-state index in [0.717, 1.165) is 16.6 Å². The summed E-state index contributed by atoms with van der Waals surface area (Å²) in [7, 11) is 0. The van der Waals surface area contributed by atoms with E-state index in [1.54, 1.807) is 41.5 Å². The normalized spacial score (nSPS) is 11.5. The largest absolute Gasteiger partial charge is 0.489 e. The summed E-state index contributed by atoms with van der Waals surface area (Å²) in [5.74, 6) is -0.474. The Morgan fingerprint density at radius 2 is 1.55 bits per heavy atom. The second kappa shape index (κ2) is 9.68. The first-order valence-electron chi connectivity index (χ1n) is 9.82. The van der Waals surface area contributed by atoms with Crippen molar-refractivity contribution in [2.75, 3.05) is 5.01 Å². The summed E-state index contributed by atoms with van der Waals surface area (Å²) in [4.78, 5) is 25.0. The van der Waals surface area contributed by atoms with Gasteiger partial charge in [-0.2, -0.15) is 5.01 Å². The zero-order valence-corrected chi connectivity index (χ0v) is 18.7. The second-order valence-electron chi connectivity index (χ2n) is 8.85. The molecule has 8 heteroatoms. The molecule has 2 amide bonds. The summed E-state index contributed by atoms with van der Waals surface area (Å²) in [6, 6.07) is 13.0. The van der Waals surface area contributed by atoms with Gasteiger partial charge in [-0.15, -0.1) is 0 Å². The van der Waals surface area contributed by atoms with E-state index in [1.807, 2.05) is 30.3 Å². The number of amides is 2. The first-order valence-corrected chi connectivity index (χ1v) is 9.82. The lowest BCUT2D eigenvalue weighted by Crippen LogP contribution is -2.50. The molecule has 0 fully saturated rings. The maximum absolute atomic E-state index is 14.3. The van der Waals surface area contributed by atoms with Gasteiger partial charge in [0.25, 0.3) is 0 Å². The highest BCUT2D eigenvalue weighted by molar-refractivity contribution is 5.91. The molecule has 0 atom stereocenters. The molecule has 1 N–H and O–H groups in total. The topological polar surface area (TPSA) is 77.1 Å². The number of anilines is 1. The molecule has 7 nitrogen and oxygen atoms in total. The summed E-state index contributed by atoms with van der Waals surface area (Å²) in [6.45, 7) is 10.3. The first kappa shape index (κ1) is 24.0. The molecule has 2 aromatic carbocycles. The van der Waals surface area contributed by atoms with Crippen LogP contribution in [0.4, 0.5) is 19.7 Å². The molecule has 2 rings (SSSR count). The van der Waals surface area contributed by atoms with Gasteiger partial charge in [0.2, 0.25) is 0 Å². The number of rotatable bonds is 4. The Balaban J connectivity index is 2.29. The third kappa shape index (κ3) is 8.54. The lowest BCUT2D eigenvalue weighted by molar-refractivity contribution is 0.0425. The number of nitrogens with one attached hydrogen (secondary N) is 1. The monoisotopic (exact) mass is 432 g/mol. The van der Waals surface area contributed by atoms with Crippen molar-refractivity contribution in [3.63, 3.8) is 0 Å². The maximum Gasteiger partial charge on any atom is 0.434 e. The molecule has 0 aliphatic rings. The van der Waals surface area contributed by atoms with Crippen molar-refractivity contribution in [1.29, 1.82) is 0 Å². The van der Waals surface area contributed by atoms with E-state index < -0.39 is 29.2 Å². The molecule has 0 aromatic heterocycles. The lowest BCUT2D eigenvalue weighted by Gasteiger charge is -2.29. The first-order chi connectivity index (χ1) is 14.3. The van der Waals surface area contributed by atoms with Crippen LogP contribution in [0.25, 0.3) is 0 Å². The van der Waals surface area contributed by atoms with E-state index in [0.29, 0.717) is 0 Å². The van der Waals surface area contributed by atoms with Crippen LogP contribution in [0, 0.1) is 5.82 Å². The number of ether oxygens (including phenoxy) is 3. The van der Waals surface area contributed by atoms with Crippen LogP contribution in [0.2, 0.25) is 0 Å². The summed E-state index contributed by atoms with van der Waals surface area (Å²) in [5, 5.41) is 0.789. The molecule has 0 saturated heterocycles. The molecule has 0 heterocycles. The molecule has 0 spiro atoms. The SMILES string of the molecule is CC(C)(C)OC(=O)NN(C(=O)OC(C)(C)C)c1cc(F)cc(OCc2ccccc2)c1. The van der Waals surface area contributed by atoms with Gasteiger partial charge in [0.05, 0.1) is 5.69 Å². The van der Waals surface area contributed by atoms with Crippen molar-refractivity contribution >= 4 is 17.9 Å². The van der Waals surface area contributed by atoms with Gasteiger partial charge in [-0.3, -0.25) is 0 Å². The predicted molar refractivity (Wildman–Crippen MR) is 115 cm³/mol. The van der Waals surface area contributed by atoms with E-state index in [2.05, 4.69) is 5.43 Å². The fourth-order valence-corrected chi connectivity index (χ4v) is 2.42. The molecular weight excluding hydrogens is 403 g/mol. The minimum Gasteiger partial charge on any atom is -0.489 e. The van der Waals surface area contributed by atoms with Crippen molar-refractivity contribution in [2.24, 2.45) is 0 Å². The lowest BCUT2D eigenvalue weighted by atomic mass is 10.2. The number of carbonyl (C=O) groups excluding carboxylic acids is 2. The minimum atomic E-state index is -0.905.